The van der Waals surface area contributed by atoms with Gasteiger partial charge in [0.1, 0.15) is 5.75 Å². The van der Waals surface area contributed by atoms with Crippen molar-refractivity contribution in [2.24, 2.45) is 0 Å². The molecule has 0 aliphatic carbocycles. The normalized spacial score (nSPS) is 17.4. The highest BCUT2D eigenvalue weighted by molar-refractivity contribution is 5.94. The first-order valence-corrected chi connectivity index (χ1v) is 10.3. The molecule has 0 unspecified atom stereocenters. The quantitative estimate of drug-likeness (QED) is 0.811. The van der Waals surface area contributed by atoms with E-state index < -0.39 is 0 Å². The van der Waals surface area contributed by atoms with Gasteiger partial charge in [0.15, 0.2) is 11.5 Å². The Kier molecular flexibility index (Phi) is 6.20. The number of nitrogens with zero attached hydrogens (tertiary/aromatic N) is 1. The van der Waals surface area contributed by atoms with E-state index in [1.807, 2.05) is 24.3 Å². The SMILES string of the molecule is COc1ccccc1[C@@H](CNC(=O)c1ccc2c(c1)OCCCO2)N1CCCC1. The predicted octanol–water partition coefficient (Wildman–Crippen LogP) is 3.42. The minimum atomic E-state index is -0.111. The Morgan fingerprint density at radius 3 is 2.62 bits per heavy atom. The van der Waals surface area contributed by atoms with Crippen LogP contribution in [0.4, 0.5) is 0 Å². The van der Waals surface area contributed by atoms with E-state index in [-0.39, 0.29) is 11.9 Å². The Morgan fingerprint density at radius 1 is 1.07 bits per heavy atom. The van der Waals surface area contributed by atoms with E-state index in [1.165, 1.54) is 12.8 Å². The summed E-state index contributed by atoms with van der Waals surface area (Å²) in [5.74, 6) is 2.08. The van der Waals surface area contributed by atoms with Crippen LogP contribution in [-0.2, 0) is 0 Å². The monoisotopic (exact) mass is 396 g/mol. The van der Waals surface area contributed by atoms with Crippen molar-refractivity contribution in [3.63, 3.8) is 0 Å². The maximum absolute atomic E-state index is 12.9. The molecule has 1 atom stereocenters. The molecule has 2 aliphatic heterocycles. The van der Waals surface area contributed by atoms with Crippen molar-refractivity contribution < 1.29 is 19.0 Å². The van der Waals surface area contributed by atoms with Gasteiger partial charge in [0.05, 0.1) is 26.4 Å². The average Bonchev–Trinajstić information content (AvgIpc) is 3.18. The fourth-order valence-electron chi connectivity index (χ4n) is 4.03. The molecule has 2 aromatic carbocycles. The Labute approximate surface area is 171 Å². The fourth-order valence-corrected chi connectivity index (χ4v) is 4.03. The Hall–Kier alpha value is -2.73. The highest BCUT2D eigenvalue weighted by atomic mass is 16.5. The molecule has 6 heteroatoms. The molecule has 0 spiro atoms. The molecule has 0 aromatic heterocycles. The van der Waals surface area contributed by atoms with E-state index in [0.29, 0.717) is 36.8 Å². The zero-order chi connectivity index (χ0) is 20.1. The van der Waals surface area contributed by atoms with Crippen LogP contribution in [0.15, 0.2) is 42.5 Å². The van der Waals surface area contributed by atoms with Crippen LogP contribution in [0.1, 0.15) is 41.2 Å². The summed E-state index contributed by atoms with van der Waals surface area (Å²) in [7, 11) is 1.69. The van der Waals surface area contributed by atoms with Crippen molar-refractivity contribution >= 4 is 5.91 Å². The third kappa shape index (κ3) is 4.48. The molecule has 4 rings (SSSR count). The number of fused-ring (bicyclic) bond motifs is 1. The molecule has 0 bridgehead atoms. The molecule has 0 saturated carbocycles. The lowest BCUT2D eigenvalue weighted by Gasteiger charge is -2.29. The fraction of sp³-hybridized carbons (Fsp3) is 0.435. The number of ether oxygens (including phenoxy) is 3. The number of para-hydroxylation sites is 1. The minimum absolute atomic E-state index is 0.0815. The van der Waals surface area contributed by atoms with Crippen molar-refractivity contribution in [1.29, 1.82) is 0 Å². The first-order valence-electron chi connectivity index (χ1n) is 10.3. The van der Waals surface area contributed by atoms with Gasteiger partial charge in [0.2, 0.25) is 0 Å². The van der Waals surface area contributed by atoms with Gasteiger partial charge in [-0.15, -0.1) is 0 Å². The first kappa shape index (κ1) is 19.6. The molecule has 154 valence electrons. The zero-order valence-corrected chi connectivity index (χ0v) is 16.9. The van der Waals surface area contributed by atoms with Crippen LogP contribution in [0.3, 0.4) is 0 Å². The second-order valence-corrected chi connectivity index (χ2v) is 7.42. The summed E-state index contributed by atoms with van der Waals surface area (Å²) in [6, 6.07) is 13.5. The smallest absolute Gasteiger partial charge is 0.251 e. The van der Waals surface area contributed by atoms with Gasteiger partial charge in [-0.2, -0.15) is 0 Å². The van der Waals surface area contributed by atoms with Gasteiger partial charge < -0.3 is 19.5 Å². The molecule has 2 heterocycles. The number of amides is 1. The van der Waals surface area contributed by atoms with Crippen LogP contribution in [0.5, 0.6) is 17.2 Å². The second-order valence-electron chi connectivity index (χ2n) is 7.42. The number of hydrogen-bond donors (Lipinski definition) is 1. The third-order valence-electron chi connectivity index (χ3n) is 5.55. The van der Waals surface area contributed by atoms with E-state index in [2.05, 4.69) is 16.3 Å². The lowest BCUT2D eigenvalue weighted by atomic mass is 10.0. The number of carbonyl (C=O) groups excluding carboxylic acids is 1. The molecule has 1 saturated heterocycles. The highest BCUT2D eigenvalue weighted by Gasteiger charge is 2.26. The van der Waals surface area contributed by atoms with Gasteiger partial charge in [0.25, 0.3) is 5.91 Å². The number of methoxy groups -OCH3 is 1. The standard InChI is InChI=1S/C23H28N2O4/c1-27-20-8-3-2-7-18(20)19(25-11-4-5-12-25)16-24-23(26)17-9-10-21-22(15-17)29-14-6-13-28-21/h2-3,7-10,15,19H,4-6,11-14,16H2,1H3,(H,24,26)/t19-/m1/s1. The summed E-state index contributed by atoms with van der Waals surface area (Å²) >= 11 is 0. The van der Waals surface area contributed by atoms with Crippen LogP contribution >= 0.6 is 0 Å². The van der Waals surface area contributed by atoms with E-state index in [4.69, 9.17) is 14.2 Å². The molecule has 1 N–H and O–H groups in total. The number of rotatable bonds is 6. The topological polar surface area (TPSA) is 60.0 Å². The number of likely N-dealkylation sites (tertiary alicyclic amines) is 1. The number of benzene rings is 2. The second kappa shape index (κ2) is 9.18. The Bertz CT molecular complexity index is 849. The predicted molar refractivity (Wildman–Crippen MR) is 111 cm³/mol. The van der Waals surface area contributed by atoms with Gasteiger partial charge in [-0.05, 0) is 50.2 Å². The minimum Gasteiger partial charge on any atom is -0.496 e. The van der Waals surface area contributed by atoms with Crippen LogP contribution in [0, 0.1) is 0 Å². The van der Waals surface area contributed by atoms with Crippen LogP contribution < -0.4 is 19.5 Å². The lowest BCUT2D eigenvalue weighted by molar-refractivity contribution is 0.0937. The van der Waals surface area contributed by atoms with Crippen molar-refractivity contribution in [2.45, 2.75) is 25.3 Å². The van der Waals surface area contributed by atoms with Crippen molar-refractivity contribution in [2.75, 3.05) is 40.0 Å². The summed E-state index contributed by atoms with van der Waals surface area (Å²) in [6.45, 7) is 3.82. The van der Waals surface area contributed by atoms with Crippen LogP contribution in [0.25, 0.3) is 0 Å². The van der Waals surface area contributed by atoms with Crippen LogP contribution in [0.2, 0.25) is 0 Å². The van der Waals surface area contributed by atoms with Crippen molar-refractivity contribution in [3.8, 4) is 17.2 Å². The first-order chi connectivity index (χ1) is 14.3. The van der Waals surface area contributed by atoms with Crippen molar-refractivity contribution in [3.05, 3.63) is 53.6 Å². The number of hydrogen-bond acceptors (Lipinski definition) is 5. The van der Waals surface area contributed by atoms with E-state index in [1.54, 1.807) is 19.2 Å². The number of nitrogens with one attached hydrogen (secondary N) is 1. The van der Waals surface area contributed by atoms with E-state index >= 15 is 0 Å². The maximum atomic E-state index is 12.9. The van der Waals surface area contributed by atoms with Crippen LogP contribution in [-0.4, -0.2) is 50.8 Å². The largest absolute Gasteiger partial charge is 0.496 e. The summed E-state index contributed by atoms with van der Waals surface area (Å²) in [5.41, 5.74) is 1.69. The molecule has 0 radical (unpaired) electrons. The summed E-state index contributed by atoms with van der Waals surface area (Å²) < 4.78 is 17.0. The summed E-state index contributed by atoms with van der Waals surface area (Å²) in [4.78, 5) is 15.3. The van der Waals surface area contributed by atoms with Gasteiger partial charge in [-0.25, -0.2) is 0 Å². The lowest BCUT2D eigenvalue weighted by Crippen LogP contribution is -2.37. The zero-order valence-electron chi connectivity index (χ0n) is 16.9. The van der Waals surface area contributed by atoms with Gasteiger partial charge in [-0.1, -0.05) is 18.2 Å². The molecule has 2 aromatic rings. The molecule has 6 nitrogen and oxygen atoms in total. The average molecular weight is 396 g/mol. The maximum Gasteiger partial charge on any atom is 0.251 e. The molecule has 1 amide bonds. The highest BCUT2D eigenvalue weighted by Crippen LogP contribution is 2.32. The molecule has 2 aliphatic rings. The van der Waals surface area contributed by atoms with E-state index in [0.717, 1.165) is 30.8 Å². The Morgan fingerprint density at radius 2 is 1.83 bits per heavy atom. The molecule has 29 heavy (non-hydrogen) atoms. The molecule has 1 fully saturated rings. The van der Waals surface area contributed by atoms with Gasteiger partial charge in [-0.3, -0.25) is 9.69 Å². The van der Waals surface area contributed by atoms with E-state index in [9.17, 15) is 4.79 Å². The van der Waals surface area contributed by atoms with Crippen molar-refractivity contribution in [1.82, 2.24) is 10.2 Å². The third-order valence-corrected chi connectivity index (χ3v) is 5.55. The Balaban J connectivity index is 1.50. The summed E-state index contributed by atoms with van der Waals surface area (Å²) in [6.07, 6.45) is 3.20. The van der Waals surface area contributed by atoms with Gasteiger partial charge in [0, 0.05) is 24.1 Å². The van der Waals surface area contributed by atoms with Gasteiger partial charge >= 0.3 is 0 Å². The summed E-state index contributed by atoms with van der Waals surface area (Å²) in [5, 5.41) is 3.12. The molecular weight excluding hydrogens is 368 g/mol. The molecular formula is C23H28N2O4. The number of carbonyl (C=O) groups is 1.